The number of hydrogen-bond acceptors (Lipinski definition) is 4. The summed E-state index contributed by atoms with van der Waals surface area (Å²) in [4.78, 5) is 14.8. The summed E-state index contributed by atoms with van der Waals surface area (Å²) in [5, 5.41) is 4.61. The van der Waals surface area contributed by atoms with Crippen LogP contribution in [0.5, 0.6) is 0 Å². The largest absolute Gasteiger partial charge is 0.352 e. The van der Waals surface area contributed by atoms with Crippen molar-refractivity contribution in [2.45, 2.75) is 52.0 Å². The molecule has 0 bridgehead atoms. The molecule has 2 heterocycles. The van der Waals surface area contributed by atoms with Gasteiger partial charge in [-0.2, -0.15) is 0 Å². The van der Waals surface area contributed by atoms with Crippen LogP contribution in [0.25, 0.3) is 28.1 Å². The Balaban J connectivity index is 1.63. The van der Waals surface area contributed by atoms with Crippen LogP contribution in [0.4, 0.5) is 11.4 Å². The lowest BCUT2D eigenvalue weighted by molar-refractivity contribution is 0.437. The molecule has 0 radical (unpaired) electrons. The number of anilines is 2. The van der Waals surface area contributed by atoms with Crippen molar-refractivity contribution >= 4 is 22.4 Å². The summed E-state index contributed by atoms with van der Waals surface area (Å²) in [5.41, 5.74) is 9.33. The van der Waals surface area contributed by atoms with E-state index in [4.69, 9.17) is 9.98 Å². The first-order chi connectivity index (χ1) is 17.7. The van der Waals surface area contributed by atoms with E-state index in [0.717, 1.165) is 63.4 Å². The van der Waals surface area contributed by atoms with Crippen LogP contribution >= 0.6 is 0 Å². The zero-order chi connectivity index (χ0) is 24.5. The summed E-state index contributed by atoms with van der Waals surface area (Å²) in [7, 11) is 0. The van der Waals surface area contributed by atoms with Crippen LogP contribution in [0.15, 0.2) is 84.0 Å². The highest BCUT2D eigenvalue weighted by Crippen LogP contribution is 2.31. The Bertz CT molecular complexity index is 1560. The van der Waals surface area contributed by atoms with Crippen molar-refractivity contribution in [3.05, 3.63) is 95.6 Å². The maximum absolute atomic E-state index is 5.30. The van der Waals surface area contributed by atoms with Crippen molar-refractivity contribution in [1.29, 1.82) is 0 Å². The number of nitrogens with one attached hydrogen (secondary N) is 1. The first-order valence-electron chi connectivity index (χ1n) is 12.9. The fourth-order valence-corrected chi connectivity index (χ4v) is 5.19. The van der Waals surface area contributed by atoms with Crippen LogP contribution in [0, 0.1) is 13.8 Å². The number of aryl methyl sites for hydroxylation is 2. The second-order valence-electron chi connectivity index (χ2n) is 9.81. The molecule has 0 amide bonds. The average Bonchev–Trinajstić information content (AvgIpc) is 2.90. The first kappa shape index (κ1) is 22.5. The van der Waals surface area contributed by atoms with Gasteiger partial charge in [0.15, 0.2) is 0 Å². The topological polar surface area (TPSA) is 55.1 Å². The lowest BCUT2D eigenvalue weighted by Gasteiger charge is -2.22. The summed E-state index contributed by atoms with van der Waals surface area (Å²) >= 11 is 0. The molecular formula is C31H31N5. The van der Waals surface area contributed by atoms with E-state index in [1.807, 2.05) is 25.3 Å². The van der Waals surface area contributed by atoms with E-state index in [0.29, 0.717) is 6.04 Å². The van der Waals surface area contributed by atoms with Gasteiger partial charge in [0.2, 0.25) is 0 Å². The maximum atomic E-state index is 5.30. The van der Waals surface area contributed by atoms with Gasteiger partial charge in [0, 0.05) is 11.9 Å². The van der Waals surface area contributed by atoms with Gasteiger partial charge in [-0.15, -0.1) is 0 Å². The zero-order valence-corrected chi connectivity index (χ0v) is 20.9. The van der Waals surface area contributed by atoms with Crippen molar-refractivity contribution < 1.29 is 0 Å². The molecule has 5 nitrogen and oxygen atoms in total. The number of benzene rings is 3. The van der Waals surface area contributed by atoms with Crippen molar-refractivity contribution in [2.75, 3.05) is 5.32 Å². The lowest BCUT2D eigenvalue weighted by atomic mass is 9.96. The van der Waals surface area contributed by atoms with E-state index in [2.05, 4.69) is 82.5 Å². The van der Waals surface area contributed by atoms with E-state index >= 15 is 0 Å². The highest BCUT2D eigenvalue weighted by Gasteiger charge is 2.18. The summed E-state index contributed by atoms with van der Waals surface area (Å²) in [6.07, 6.45) is 7.94. The van der Waals surface area contributed by atoms with Crippen LogP contribution in [0.1, 0.15) is 43.4 Å². The standard InChI is InChI=1S/C31H31N5/c1-21-14-16-24(17-15-21)36-30-13-7-6-11-26(30)35-29-19-27(34-25-12-8-18-32-22(25)2)28(20-31(29)36)33-23-9-4-3-5-10-23/h6-8,11-20,23,34H,3-5,9-10H2,1-2H3. The van der Waals surface area contributed by atoms with Crippen molar-refractivity contribution in [2.24, 2.45) is 4.99 Å². The summed E-state index contributed by atoms with van der Waals surface area (Å²) in [5.74, 6) is 0. The molecule has 1 fully saturated rings. The molecule has 1 aliphatic heterocycles. The minimum Gasteiger partial charge on any atom is -0.352 e. The third-order valence-corrected chi connectivity index (χ3v) is 7.16. The molecular weight excluding hydrogens is 442 g/mol. The number of hydrogen-bond donors (Lipinski definition) is 1. The van der Waals surface area contributed by atoms with Gasteiger partial charge >= 0.3 is 0 Å². The summed E-state index contributed by atoms with van der Waals surface area (Å²) < 4.78 is 2.32. The van der Waals surface area contributed by atoms with E-state index in [9.17, 15) is 0 Å². The van der Waals surface area contributed by atoms with Gasteiger partial charge in [-0.3, -0.25) is 9.98 Å². The van der Waals surface area contributed by atoms with Gasteiger partial charge in [0.25, 0.3) is 0 Å². The fraction of sp³-hybridized carbons (Fsp3) is 0.258. The third kappa shape index (κ3) is 4.37. The Kier molecular flexibility index (Phi) is 5.98. The molecule has 6 rings (SSSR count). The predicted molar refractivity (Wildman–Crippen MR) is 147 cm³/mol. The van der Waals surface area contributed by atoms with Gasteiger partial charge < -0.3 is 9.88 Å². The SMILES string of the molecule is Cc1ccc(-n2c3cc(=NC4CCCCC4)c(Nc4cccnc4C)cc-3nc3ccccc32)cc1. The normalized spacial score (nSPS) is 15.0. The highest BCUT2D eigenvalue weighted by atomic mass is 15.0. The maximum Gasteiger partial charge on any atom is 0.0900 e. The molecule has 2 aromatic carbocycles. The van der Waals surface area contributed by atoms with Crippen LogP contribution in [0.2, 0.25) is 0 Å². The number of nitrogens with zero attached hydrogens (tertiary/aromatic N) is 4. The van der Waals surface area contributed by atoms with Gasteiger partial charge in [-0.05, 0) is 75.2 Å². The number of pyridine rings is 1. The van der Waals surface area contributed by atoms with E-state index in [1.54, 1.807) is 0 Å². The fourth-order valence-electron chi connectivity index (χ4n) is 5.19. The Morgan fingerprint density at radius 2 is 1.67 bits per heavy atom. The summed E-state index contributed by atoms with van der Waals surface area (Å²) in [6, 6.07) is 25.8. The Morgan fingerprint density at radius 1 is 0.861 bits per heavy atom. The number of fused-ring (bicyclic) bond motifs is 2. The minimum atomic E-state index is 0.355. The van der Waals surface area contributed by atoms with Crippen molar-refractivity contribution in [3.8, 4) is 17.1 Å². The molecule has 2 aliphatic carbocycles. The Morgan fingerprint density at radius 3 is 2.47 bits per heavy atom. The number of aromatic nitrogens is 3. The van der Waals surface area contributed by atoms with E-state index < -0.39 is 0 Å². The molecule has 5 heteroatoms. The van der Waals surface area contributed by atoms with Crippen LogP contribution < -0.4 is 10.7 Å². The highest BCUT2D eigenvalue weighted by molar-refractivity contribution is 5.84. The quantitative estimate of drug-likeness (QED) is 0.283. The predicted octanol–water partition coefficient (Wildman–Crippen LogP) is 7.12. The molecule has 1 saturated carbocycles. The molecule has 0 unspecified atom stereocenters. The summed E-state index contributed by atoms with van der Waals surface area (Å²) in [6.45, 7) is 4.15. The molecule has 0 spiro atoms. The first-order valence-corrected chi connectivity index (χ1v) is 12.9. The van der Waals surface area contributed by atoms with Crippen LogP contribution in [0.3, 0.4) is 0 Å². The Labute approximate surface area is 211 Å². The lowest BCUT2D eigenvalue weighted by Crippen LogP contribution is -2.19. The van der Waals surface area contributed by atoms with E-state index in [1.165, 1.54) is 24.8 Å². The Hall–Kier alpha value is -3.99. The average molecular weight is 474 g/mol. The molecule has 0 saturated heterocycles. The van der Waals surface area contributed by atoms with Crippen molar-refractivity contribution in [3.63, 3.8) is 0 Å². The third-order valence-electron chi connectivity index (χ3n) is 7.16. The van der Waals surface area contributed by atoms with Gasteiger partial charge in [0.05, 0.1) is 50.9 Å². The molecule has 36 heavy (non-hydrogen) atoms. The van der Waals surface area contributed by atoms with E-state index in [-0.39, 0.29) is 0 Å². The monoisotopic (exact) mass is 473 g/mol. The van der Waals surface area contributed by atoms with Crippen molar-refractivity contribution in [1.82, 2.24) is 14.5 Å². The smallest absolute Gasteiger partial charge is 0.0900 e. The van der Waals surface area contributed by atoms with Crippen LogP contribution in [-0.2, 0) is 0 Å². The second-order valence-corrected chi connectivity index (χ2v) is 9.81. The number of rotatable bonds is 4. The molecule has 3 aliphatic rings. The zero-order valence-electron chi connectivity index (χ0n) is 20.9. The van der Waals surface area contributed by atoms with Gasteiger partial charge in [-0.1, -0.05) is 49.1 Å². The van der Waals surface area contributed by atoms with Gasteiger partial charge in [-0.25, -0.2) is 4.98 Å². The molecule has 3 aromatic rings. The van der Waals surface area contributed by atoms with Gasteiger partial charge in [0.1, 0.15) is 0 Å². The van der Waals surface area contributed by atoms with Crippen LogP contribution in [-0.4, -0.2) is 20.6 Å². The number of para-hydroxylation sites is 2. The molecule has 1 aromatic heterocycles. The molecule has 0 atom stereocenters. The molecule has 1 N–H and O–H groups in total. The molecule has 180 valence electrons. The minimum absolute atomic E-state index is 0.355. The second kappa shape index (κ2) is 9.57.